The maximum atomic E-state index is 12.5. The SMILES string of the molecule is CCN(Cc1ccccc1NC(=O)COc1ccc2c(c1)CCC2)C(=O)OC(C)(C)C. The zero-order valence-electron chi connectivity index (χ0n) is 18.9. The van der Waals surface area contributed by atoms with Gasteiger partial charge in [-0.3, -0.25) is 4.79 Å². The lowest BCUT2D eigenvalue weighted by Crippen LogP contribution is -2.36. The minimum absolute atomic E-state index is 0.0727. The first-order valence-corrected chi connectivity index (χ1v) is 10.9. The molecule has 0 aromatic heterocycles. The number of nitrogens with one attached hydrogen (secondary N) is 1. The maximum absolute atomic E-state index is 12.5. The number of carbonyl (C=O) groups excluding carboxylic acids is 2. The maximum Gasteiger partial charge on any atom is 0.410 e. The number of anilines is 1. The number of fused-ring (bicyclic) bond motifs is 1. The quantitative estimate of drug-likeness (QED) is 0.683. The molecular weight excluding hydrogens is 392 g/mol. The van der Waals surface area contributed by atoms with Crippen molar-refractivity contribution in [3.05, 3.63) is 59.2 Å². The molecule has 3 rings (SSSR count). The molecule has 0 spiro atoms. The third kappa shape index (κ3) is 6.48. The van der Waals surface area contributed by atoms with Crippen LogP contribution in [-0.2, 0) is 28.9 Å². The molecule has 2 aromatic carbocycles. The van der Waals surface area contributed by atoms with Gasteiger partial charge in [-0.1, -0.05) is 24.3 Å². The molecule has 1 aliphatic carbocycles. The van der Waals surface area contributed by atoms with E-state index in [1.807, 2.05) is 64.1 Å². The van der Waals surface area contributed by atoms with Crippen molar-refractivity contribution < 1.29 is 19.1 Å². The van der Waals surface area contributed by atoms with Gasteiger partial charge in [0.05, 0.1) is 6.54 Å². The van der Waals surface area contributed by atoms with Crippen molar-refractivity contribution in [1.29, 1.82) is 0 Å². The summed E-state index contributed by atoms with van der Waals surface area (Å²) in [6.07, 6.45) is 2.98. The zero-order chi connectivity index (χ0) is 22.4. The Bertz CT molecular complexity index is 933. The van der Waals surface area contributed by atoms with E-state index in [1.54, 1.807) is 4.90 Å². The minimum atomic E-state index is -0.562. The largest absolute Gasteiger partial charge is 0.484 e. The lowest BCUT2D eigenvalue weighted by Gasteiger charge is -2.27. The number of carbonyl (C=O) groups is 2. The van der Waals surface area contributed by atoms with Crippen LogP contribution in [0.3, 0.4) is 0 Å². The lowest BCUT2D eigenvalue weighted by molar-refractivity contribution is -0.118. The standard InChI is InChI=1S/C25H32N2O4/c1-5-27(24(29)31-25(2,3)4)16-20-9-6-7-12-22(20)26-23(28)17-30-21-14-13-18-10-8-11-19(18)15-21/h6-7,9,12-15H,5,8,10-11,16-17H2,1-4H3,(H,26,28). The van der Waals surface area contributed by atoms with Crippen molar-refractivity contribution in [3.63, 3.8) is 0 Å². The number of aryl methyl sites for hydroxylation is 2. The third-order valence-corrected chi connectivity index (χ3v) is 5.13. The van der Waals surface area contributed by atoms with Crippen LogP contribution in [0.1, 0.15) is 50.8 Å². The van der Waals surface area contributed by atoms with E-state index in [1.165, 1.54) is 17.5 Å². The average Bonchev–Trinajstić information content (AvgIpc) is 3.18. The van der Waals surface area contributed by atoms with E-state index in [2.05, 4.69) is 11.4 Å². The van der Waals surface area contributed by atoms with Crippen molar-refractivity contribution in [3.8, 4) is 5.75 Å². The highest BCUT2D eigenvalue weighted by atomic mass is 16.6. The zero-order valence-corrected chi connectivity index (χ0v) is 18.9. The molecule has 2 amide bonds. The molecular formula is C25H32N2O4. The number of benzene rings is 2. The molecule has 0 saturated carbocycles. The average molecular weight is 425 g/mol. The van der Waals surface area contributed by atoms with Crippen LogP contribution < -0.4 is 10.1 Å². The fraction of sp³-hybridized carbons (Fsp3) is 0.440. The van der Waals surface area contributed by atoms with Crippen molar-refractivity contribution in [2.45, 2.75) is 59.1 Å². The van der Waals surface area contributed by atoms with E-state index in [0.717, 1.165) is 18.4 Å². The molecule has 1 aliphatic rings. The molecule has 2 aromatic rings. The molecule has 0 unspecified atom stereocenters. The van der Waals surface area contributed by atoms with Crippen molar-refractivity contribution in [1.82, 2.24) is 4.90 Å². The Kier molecular flexibility index (Phi) is 7.21. The van der Waals surface area contributed by atoms with E-state index in [-0.39, 0.29) is 18.6 Å². The summed E-state index contributed by atoms with van der Waals surface area (Å²) in [6.45, 7) is 8.19. The number of rotatable bonds is 7. The van der Waals surface area contributed by atoms with Gasteiger partial charge in [-0.25, -0.2) is 4.79 Å². The fourth-order valence-electron chi connectivity index (χ4n) is 3.59. The Balaban J connectivity index is 1.60. The molecule has 0 aliphatic heterocycles. The van der Waals surface area contributed by atoms with Crippen LogP contribution in [0.25, 0.3) is 0 Å². The van der Waals surface area contributed by atoms with E-state index in [0.29, 0.717) is 24.5 Å². The Morgan fingerprint density at radius 1 is 1.06 bits per heavy atom. The number of hydrogen-bond acceptors (Lipinski definition) is 4. The van der Waals surface area contributed by atoms with Gasteiger partial charge in [0.2, 0.25) is 0 Å². The van der Waals surface area contributed by atoms with Crippen LogP contribution in [0.2, 0.25) is 0 Å². The van der Waals surface area contributed by atoms with E-state index >= 15 is 0 Å². The summed E-state index contributed by atoms with van der Waals surface area (Å²) < 4.78 is 11.2. The van der Waals surface area contributed by atoms with Gasteiger partial charge in [0.1, 0.15) is 11.4 Å². The summed E-state index contributed by atoms with van der Waals surface area (Å²) >= 11 is 0. The summed E-state index contributed by atoms with van der Waals surface area (Å²) in [7, 11) is 0. The number of para-hydroxylation sites is 1. The summed E-state index contributed by atoms with van der Waals surface area (Å²) in [5, 5.41) is 2.91. The van der Waals surface area contributed by atoms with Crippen molar-refractivity contribution in [2.24, 2.45) is 0 Å². The van der Waals surface area contributed by atoms with Crippen LogP contribution in [-0.4, -0.2) is 35.7 Å². The highest BCUT2D eigenvalue weighted by Crippen LogP contribution is 2.26. The van der Waals surface area contributed by atoms with Crippen LogP contribution in [0.15, 0.2) is 42.5 Å². The first-order valence-electron chi connectivity index (χ1n) is 10.9. The molecule has 6 nitrogen and oxygen atoms in total. The molecule has 166 valence electrons. The highest BCUT2D eigenvalue weighted by Gasteiger charge is 2.22. The van der Waals surface area contributed by atoms with Gasteiger partial charge in [0.25, 0.3) is 5.91 Å². The first kappa shape index (κ1) is 22.7. The molecule has 31 heavy (non-hydrogen) atoms. The Hall–Kier alpha value is -3.02. The molecule has 1 N–H and O–H groups in total. The number of amides is 2. The molecule has 0 heterocycles. The predicted octanol–water partition coefficient (Wildman–Crippen LogP) is 4.95. The van der Waals surface area contributed by atoms with Gasteiger partial charge in [0.15, 0.2) is 6.61 Å². The number of ether oxygens (including phenoxy) is 2. The number of hydrogen-bond donors (Lipinski definition) is 1. The van der Waals surface area contributed by atoms with Crippen LogP contribution in [0, 0.1) is 0 Å². The van der Waals surface area contributed by atoms with Gasteiger partial charge >= 0.3 is 6.09 Å². The fourth-order valence-corrected chi connectivity index (χ4v) is 3.59. The van der Waals surface area contributed by atoms with Crippen LogP contribution >= 0.6 is 0 Å². The second-order valence-corrected chi connectivity index (χ2v) is 8.77. The Labute approximate surface area is 184 Å². The van der Waals surface area contributed by atoms with Crippen LogP contribution in [0.5, 0.6) is 5.75 Å². The van der Waals surface area contributed by atoms with Gasteiger partial charge in [0, 0.05) is 12.2 Å². The second kappa shape index (κ2) is 9.86. The molecule has 0 saturated heterocycles. The minimum Gasteiger partial charge on any atom is -0.484 e. The van der Waals surface area contributed by atoms with Gasteiger partial charge in [-0.15, -0.1) is 0 Å². The van der Waals surface area contributed by atoms with Crippen molar-refractivity contribution >= 4 is 17.7 Å². The molecule has 0 radical (unpaired) electrons. The van der Waals surface area contributed by atoms with Gasteiger partial charge < -0.3 is 19.7 Å². The Morgan fingerprint density at radius 2 is 1.81 bits per heavy atom. The third-order valence-electron chi connectivity index (χ3n) is 5.13. The van der Waals surface area contributed by atoms with Crippen molar-refractivity contribution in [2.75, 3.05) is 18.5 Å². The second-order valence-electron chi connectivity index (χ2n) is 8.77. The molecule has 0 atom stereocenters. The number of nitrogens with zero attached hydrogens (tertiary/aromatic N) is 1. The smallest absolute Gasteiger partial charge is 0.410 e. The van der Waals surface area contributed by atoms with Gasteiger partial charge in [-0.05, 0) is 81.8 Å². The topological polar surface area (TPSA) is 67.9 Å². The summed E-state index contributed by atoms with van der Waals surface area (Å²) in [4.78, 5) is 26.6. The molecule has 0 fully saturated rings. The Morgan fingerprint density at radius 3 is 2.55 bits per heavy atom. The monoisotopic (exact) mass is 424 g/mol. The summed E-state index contributed by atoms with van der Waals surface area (Å²) in [5.41, 5.74) is 3.61. The first-order chi connectivity index (χ1) is 14.7. The summed E-state index contributed by atoms with van der Waals surface area (Å²) in [5.74, 6) is 0.472. The normalized spacial score (nSPS) is 12.8. The van der Waals surface area contributed by atoms with Crippen LogP contribution in [0.4, 0.5) is 10.5 Å². The van der Waals surface area contributed by atoms with Gasteiger partial charge in [-0.2, -0.15) is 0 Å². The lowest BCUT2D eigenvalue weighted by atomic mass is 10.1. The molecule has 6 heteroatoms. The molecule has 0 bridgehead atoms. The van der Waals surface area contributed by atoms with E-state index in [4.69, 9.17) is 9.47 Å². The summed E-state index contributed by atoms with van der Waals surface area (Å²) in [6, 6.07) is 13.5. The highest BCUT2D eigenvalue weighted by molar-refractivity contribution is 5.92. The predicted molar refractivity (Wildman–Crippen MR) is 121 cm³/mol. The van der Waals surface area contributed by atoms with E-state index in [9.17, 15) is 9.59 Å². The van der Waals surface area contributed by atoms with E-state index < -0.39 is 5.60 Å².